The van der Waals surface area contributed by atoms with Crippen molar-refractivity contribution in [3.8, 4) is 0 Å². The van der Waals surface area contributed by atoms with E-state index in [1.807, 2.05) is 13.2 Å². The molecule has 2 atom stereocenters. The van der Waals surface area contributed by atoms with E-state index in [4.69, 9.17) is 0 Å². The molecule has 0 bridgehead atoms. The van der Waals surface area contributed by atoms with Crippen molar-refractivity contribution in [1.29, 1.82) is 0 Å². The van der Waals surface area contributed by atoms with Gasteiger partial charge in [-0.2, -0.15) is 0 Å². The average molecular weight is 278 g/mol. The maximum atomic E-state index is 4.63. The van der Waals surface area contributed by atoms with E-state index in [2.05, 4.69) is 67.1 Å². The second kappa shape index (κ2) is 8.22. The van der Waals surface area contributed by atoms with Crippen molar-refractivity contribution in [2.75, 3.05) is 39.1 Å². The van der Waals surface area contributed by atoms with Crippen LogP contribution in [0.15, 0.2) is 18.3 Å². The molecule has 1 aromatic rings. The first-order valence-electron chi connectivity index (χ1n) is 7.58. The Morgan fingerprint density at radius 3 is 2.35 bits per heavy atom. The Morgan fingerprint density at radius 2 is 1.95 bits per heavy atom. The molecule has 4 nitrogen and oxygen atoms in total. The zero-order chi connectivity index (χ0) is 15.1. The monoisotopic (exact) mass is 278 g/mol. The molecule has 0 aliphatic rings. The van der Waals surface area contributed by atoms with Gasteiger partial charge in [-0.05, 0) is 53.5 Å². The van der Waals surface area contributed by atoms with Crippen molar-refractivity contribution < 1.29 is 0 Å². The number of rotatable bonds is 8. The molecule has 0 spiro atoms. The SMILES string of the molecule is CCC(NC)c1ccc(N(CC)C(C)CN(C)C)cn1. The van der Waals surface area contributed by atoms with Crippen LogP contribution in [0, 0.1) is 0 Å². The number of aromatic nitrogens is 1. The van der Waals surface area contributed by atoms with Crippen LogP contribution in [0.2, 0.25) is 0 Å². The van der Waals surface area contributed by atoms with E-state index in [0.717, 1.165) is 25.2 Å². The molecule has 1 aromatic heterocycles. The maximum absolute atomic E-state index is 4.63. The Morgan fingerprint density at radius 1 is 1.25 bits per heavy atom. The highest BCUT2D eigenvalue weighted by Crippen LogP contribution is 2.20. The molecule has 0 radical (unpaired) electrons. The summed E-state index contributed by atoms with van der Waals surface area (Å²) in [5, 5.41) is 3.30. The normalized spacial score (nSPS) is 14.3. The predicted octanol–water partition coefficient (Wildman–Crippen LogP) is 2.53. The van der Waals surface area contributed by atoms with Crippen molar-refractivity contribution in [3.63, 3.8) is 0 Å². The summed E-state index contributed by atoms with van der Waals surface area (Å²) in [5.41, 5.74) is 2.33. The smallest absolute Gasteiger partial charge is 0.0574 e. The van der Waals surface area contributed by atoms with Gasteiger partial charge < -0.3 is 15.1 Å². The lowest BCUT2D eigenvalue weighted by atomic mass is 10.1. The minimum absolute atomic E-state index is 0.346. The van der Waals surface area contributed by atoms with E-state index in [1.54, 1.807) is 0 Å². The minimum Gasteiger partial charge on any atom is -0.367 e. The van der Waals surface area contributed by atoms with Crippen LogP contribution in [0.25, 0.3) is 0 Å². The largest absolute Gasteiger partial charge is 0.367 e. The van der Waals surface area contributed by atoms with Crippen molar-refractivity contribution in [2.24, 2.45) is 0 Å². The van der Waals surface area contributed by atoms with Crippen LogP contribution in [-0.4, -0.2) is 50.2 Å². The van der Waals surface area contributed by atoms with E-state index in [0.29, 0.717) is 12.1 Å². The van der Waals surface area contributed by atoms with Crippen LogP contribution in [-0.2, 0) is 0 Å². The highest BCUT2D eigenvalue weighted by molar-refractivity contribution is 5.45. The van der Waals surface area contributed by atoms with Gasteiger partial charge in [0.15, 0.2) is 0 Å². The summed E-state index contributed by atoms with van der Waals surface area (Å²) in [6.07, 6.45) is 3.06. The van der Waals surface area contributed by atoms with Gasteiger partial charge in [-0.15, -0.1) is 0 Å². The molecule has 114 valence electrons. The first-order chi connectivity index (χ1) is 9.53. The van der Waals surface area contributed by atoms with Crippen LogP contribution in [0.5, 0.6) is 0 Å². The van der Waals surface area contributed by atoms with Gasteiger partial charge in [-0.25, -0.2) is 0 Å². The Kier molecular flexibility index (Phi) is 6.96. The topological polar surface area (TPSA) is 31.4 Å². The van der Waals surface area contributed by atoms with Gasteiger partial charge in [0.2, 0.25) is 0 Å². The number of hydrogen-bond acceptors (Lipinski definition) is 4. The van der Waals surface area contributed by atoms with Gasteiger partial charge in [-0.1, -0.05) is 6.92 Å². The van der Waals surface area contributed by atoms with E-state index in [1.165, 1.54) is 5.69 Å². The van der Waals surface area contributed by atoms with Crippen LogP contribution < -0.4 is 10.2 Å². The molecule has 0 aromatic carbocycles. The second-order valence-corrected chi connectivity index (χ2v) is 5.59. The molecule has 2 unspecified atom stereocenters. The summed E-state index contributed by atoms with van der Waals surface area (Å²) in [5.74, 6) is 0. The Hall–Kier alpha value is -1.13. The third-order valence-corrected chi connectivity index (χ3v) is 3.72. The molecule has 20 heavy (non-hydrogen) atoms. The summed E-state index contributed by atoms with van der Waals surface area (Å²) < 4.78 is 0. The number of nitrogens with zero attached hydrogens (tertiary/aromatic N) is 3. The number of anilines is 1. The Labute approximate surface area is 124 Å². The third-order valence-electron chi connectivity index (χ3n) is 3.72. The van der Waals surface area contributed by atoms with Crippen LogP contribution >= 0.6 is 0 Å². The second-order valence-electron chi connectivity index (χ2n) is 5.59. The van der Waals surface area contributed by atoms with Gasteiger partial charge in [-0.3, -0.25) is 4.98 Å². The quantitative estimate of drug-likeness (QED) is 0.792. The van der Waals surface area contributed by atoms with Gasteiger partial charge in [0.1, 0.15) is 0 Å². The van der Waals surface area contributed by atoms with Crippen molar-refractivity contribution in [3.05, 3.63) is 24.0 Å². The number of pyridine rings is 1. The summed E-state index contributed by atoms with van der Waals surface area (Å²) in [4.78, 5) is 9.26. The molecule has 1 heterocycles. The number of hydrogen-bond donors (Lipinski definition) is 1. The fourth-order valence-corrected chi connectivity index (χ4v) is 2.71. The predicted molar refractivity (Wildman–Crippen MR) is 87.4 cm³/mol. The lowest BCUT2D eigenvalue weighted by Gasteiger charge is -2.32. The van der Waals surface area contributed by atoms with Crippen molar-refractivity contribution >= 4 is 5.69 Å². The highest BCUT2D eigenvalue weighted by Gasteiger charge is 2.15. The molecule has 4 heteroatoms. The third kappa shape index (κ3) is 4.46. The summed E-state index contributed by atoms with van der Waals surface area (Å²) >= 11 is 0. The molecule has 0 amide bonds. The summed E-state index contributed by atoms with van der Waals surface area (Å²) in [6, 6.07) is 5.16. The van der Waals surface area contributed by atoms with Crippen LogP contribution in [0.4, 0.5) is 5.69 Å². The number of likely N-dealkylation sites (N-methyl/N-ethyl adjacent to an activating group) is 2. The van der Waals surface area contributed by atoms with Crippen molar-refractivity contribution in [2.45, 2.75) is 39.3 Å². The molecule has 0 saturated carbocycles. The van der Waals surface area contributed by atoms with Crippen LogP contribution in [0.3, 0.4) is 0 Å². The zero-order valence-corrected chi connectivity index (χ0v) is 13.8. The van der Waals surface area contributed by atoms with E-state index >= 15 is 0 Å². The van der Waals surface area contributed by atoms with Crippen molar-refractivity contribution in [1.82, 2.24) is 15.2 Å². The molecular formula is C16H30N4. The molecule has 0 aliphatic heterocycles. The molecular weight excluding hydrogens is 248 g/mol. The summed E-state index contributed by atoms with van der Waals surface area (Å²) in [7, 11) is 6.22. The van der Waals surface area contributed by atoms with Gasteiger partial charge >= 0.3 is 0 Å². The molecule has 0 saturated heterocycles. The Balaban J connectivity index is 2.84. The highest BCUT2D eigenvalue weighted by atomic mass is 15.2. The first kappa shape index (κ1) is 16.9. The fraction of sp³-hybridized carbons (Fsp3) is 0.688. The molecule has 0 fully saturated rings. The van der Waals surface area contributed by atoms with Gasteiger partial charge in [0.05, 0.1) is 17.6 Å². The maximum Gasteiger partial charge on any atom is 0.0574 e. The fourth-order valence-electron chi connectivity index (χ4n) is 2.71. The van der Waals surface area contributed by atoms with E-state index < -0.39 is 0 Å². The van der Waals surface area contributed by atoms with Crippen LogP contribution in [0.1, 0.15) is 38.9 Å². The molecule has 1 N–H and O–H groups in total. The van der Waals surface area contributed by atoms with Gasteiger partial charge in [0, 0.05) is 25.2 Å². The molecule has 0 aliphatic carbocycles. The van der Waals surface area contributed by atoms with E-state index in [-0.39, 0.29) is 0 Å². The minimum atomic E-state index is 0.346. The lowest BCUT2D eigenvalue weighted by Crippen LogP contribution is -2.40. The zero-order valence-electron chi connectivity index (χ0n) is 13.8. The lowest BCUT2D eigenvalue weighted by molar-refractivity contribution is 0.373. The average Bonchev–Trinajstić information content (AvgIpc) is 2.41. The number of nitrogens with one attached hydrogen (secondary N) is 1. The van der Waals surface area contributed by atoms with Gasteiger partial charge in [0.25, 0.3) is 0 Å². The standard InChI is InChI=1S/C16H30N4/c1-7-15(17-4)16-10-9-14(11-18-16)20(8-2)13(3)12-19(5)6/h9-11,13,15,17H,7-8,12H2,1-6H3. The summed E-state index contributed by atoms with van der Waals surface area (Å²) in [6.45, 7) is 8.68. The first-order valence-corrected chi connectivity index (χ1v) is 7.58. The van der Waals surface area contributed by atoms with E-state index in [9.17, 15) is 0 Å². The molecule has 1 rings (SSSR count). The Bertz CT molecular complexity index is 371.